The number of hydrogen-bond acceptors (Lipinski definition) is 1. The lowest BCUT2D eigenvalue weighted by Gasteiger charge is -2.35. The van der Waals surface area contributed by atoms with E-state index in [1.54, 1.807) is 0 Å². The Morgan fingerprint density at radius 2 is 2.00 bits per heavy atom. The van der Waals surface area contributed by atoms with Crippen LogP contribution in [0.4, 0.5) is 5.69 Å². The smallest absolute Gasteiger partial charge is 0.0695 e. The van der Waals surface area contributed by atoms with E-state index in [1.807, 2.05) is 0 Å². The number of nitrogens with zero attached hydrogens (tertiary/aromatic N) is 1. The molecule has 1 aliphatic heterocycles. The summed E-state index contributed by atoms with van der Waals surface area (Å²) in [4.78, 5) is 4.99. The van der Waals surface area contributed by atoms with Crippen molar-refractivity contribution in [2.75, 3.05) is 0 Å². The topological polar surface area (TPSA) is 12.4 Å². The van der Waals surface area contributed by atoms with E-state index in [0.29, 0.717) is 5.92 Å². The molecule has 0 saturated heterocycles. The van der Waals surface area contributed by atoms with Gasteiger partial charge in [-0.3, -0.25) is 4.99 Å². The van der Waals surface area contributed by atoms with Crippen LogP contribution in [0.25, 0.3) is 0 Å². The van der Waals surface area contributed by atoms with Gasteiger partial charge < -0.3 is 0 Å². The van der Waals surface area contributed by atoms with E-state index >= 15 is 0 Å². The molecule has 17 heavy (non-hydrogen) atoms. The molecule has 0 spiro atoms. The van der Waals surface area contributed by atoms with Crippen LogP contribution in [0.1, 0.15) is 55.2 Å². The average Bonchev–Trinajstić information content (AvgIpc) is 2.35. The Hall–Kier alpha value is -1.11. The molecule has 2 atom stereocenters. The molecule has 2 unspecified atom stereocenters. The fraction of sp³-hybridized carbons (Fsp3) is 0.562. The molecule has 1 heterocycles. The minimum absolute atomic E-state index is 0.664. The standard InChI is InChI=1S/C16H21N/c1-10-8-9-14-12(3)13-6-4-5-7-15(13)17-16(14)11(10)2/h8-9,12-13H,4-7H2,1-3H3. The molecule has 0 amide bonds. The first-order chi connectivity index (χ1) is 8.18. The number of hydrogen-bond donors (Lipinski definition) is 0. The van der Waals surface area contributed by atoms with Crippen molar-refractivity contribution < 1.29 is 0 Å². The van der Waals surface area contributed by atoms with E-state index in [9.17, 15) is 0 Å². The van der Waals surface area contributed by atoms with Gasteiger partial charge in [-0.1, -0.05) is 25.5 Å². The summed E-state index contributed by atoms with van der Waals surface area (Å²) in [6, 6.07) is 4.56. The number of aliphatic imine (C=N–C) groups is 1. The van der Waals surface area contributed by atoms with Gasteiger partial charge in [0.15, 0.2) is 0 Å². The van der Waals surface area contributed by atoms with Gasteiger partial charge in [-0.2, -0.15) is 0 Å². The third kappa shape index (κ3) is 1.64. The summed E-state index contributed by atoms with van der Waals surface area (Å²) in [5, 5.41) is 0. The maximum Gasteiger partial charge on any atom is 0.0695 e. The molecular weight excluding hydrogens is 206 g/mol. The van der Waals surface area contributed by atoms with Crippen molar-refractivity contribution >= 4 is 11.4 Å². The molecule has 1 aliphatic carbocycles. The van der Waals surface area contributed by atoms with Crippen molar-refractivity contribution in [3.63, 3.8) is 0 Å². The Labute approximate surface area is 104 Å². The minimum Gasteiger partial charge on any atom is -0.257 e. The summed E-state index contributed by atoms with van der Waals surface area (Å²) in [5.41, 5.74) is 6.99. The third-order valence-electron chi connectivity index (χ3n) is 4.71. The van der Waals surface area contributed by atoms with Crippen LogP contribution >= 0.6 is 0 Å². The zero-order valence-electron chi connectivity index (χ0n) is 11.1. The van der Waals surface area contributed by atoms with E-state index in [-0.39, 0.29) is 0 Å². The van der Waals surface area contributed by atoms with Gasteiger partial charge in [0.1, 0.15) is 0 Å². The molecular formula is C16H21N. The summed E-state index contributed by atoms with van der Waals surface area (Å²) in [6.07, 6.45) is 5.28. The summed E-state index contributed by atoms with van der Waals surface area (Å²) in [5.74, 6) is 1.38. The molecule has 1 aromatic carbocycles. The van der Waals surface area contributed by atoms with Crippen molar-refractivity contribution in [1.29, 1.82) is 0 Å². The van der Waals surface area contributed by atoms with Crippen LogP contribution < -0.4 is 0 Å². The number of rotatable bonds is 0. The zero-order chi connectivity index (χ0) is 12.0. The van der Waals surface area contributed by atoms with Crippen LogP contribution in [0.5, 0.6) is 0 Å². The highest BCUT2D eigenvalue weighted by molar-refractivity contribution is 5.93. The van der Waals surface area contributed by atoms with Gasteiger partial charge in [0.05, 0.1) is 5.69 Å². The quantitative estimate of drug-likeness (QED) is 0.610. The van der Waals surface area contributed by atoms with Gasteiger partial charge in [-0.05, 0) is 55.7 Å². The fourth-order valence-corrected chi connectivity index (χ4v) is 3.40. The second-order valence-corrected chi connectivity index (χ2v) is 5.69. The van der Waals surface area contributed by atoms with Crippen molar-refractivity contribution in [1.82, 2.24) is 0 Å². The Morgan fingerprint density at radius 1 is 1.18 bits per heavy atom. The second kappa shape index (κ2) is 3.97. The first kappa shape index (κ1) is 11.0. The van der Waals surface area contributed by atoms with E-state index in [4.69, 9.17) is 4.99 Å². The van der Waals surface area contributed by atoms with Gasteiger partial charge in [0.2, 0.25) is 0 Å². The summed E-state index contributed by atoms with van der Waals surface area (Å²) >= 11 is 0. The summed E-state index contributed by atoms with van der Waals surface area (Å²) in [6.45, 7) is 6.79. The lowest BCUT2D eigenvalue weighted by atomic mass is 9.73. The lowest BCUT2D eigenvalue weighted by molar-refractivity contribution is 0.461. The molecule has 1 fully saturated rings. The molecule has 0 aromatic heterocycles. The van der Waals surface area contributed by atoms with E-state index in [0.717, 1.165) is 5.92 Å². The molecule has 0 N–H and O–H groups in total. The highest BCUT2D eigenvalue weighted by Gasteiger charge is 2.32. The van der Waals surface area contributed by atoms with Crippen molar-refractivity contribution in [2.24, 2.45) is 10.9 Å². The Kier molecular flexibility index (Phi) is 2.57. The molecule has 0 bridgehead atoms. The summed E-state index contributed by atoms with van der Waals surface area (Å²) in [7, 11) is 0. The van der Waals surface area contributed by atoms with Gasteiger partial charge in [-0.25, -0.2) is 0 Å². The van der Waals surface area contributed by atoms with E-state index in [2.05, 4.69) is 32.9 Å². The minimum atomic E-state index is 0.664. The van der Waals surface area contributed by atoms with Crippen LogP contribution in [-0.2, 0) is 0 Å². The first-order valence-electron chi connectivity index (χ1n) is 6.86. The Morgan fingerprint density at radius 3 is 2.82 bits per heavy atom. The summed E-state index contributed by atoms with van der Waals surface area (Å²) < 4.78 is 0. The zero-order valence-corrected chi connectivity index (χ0v) is 11.1. The normalized spacial score (nSPS) is 27.1. The predicted octanol–water partition coefficient (Wildman–Crippen LogP) is 4.68. The number of aryl methyl sites for hydroxylation is 1. The van der Waals surface area contributed by atoms with E-state index < -0.39 is 0 Å². The van der Waals surface area contributed by atoms with Crippen LogP contribution in [0.2, 0.25) is 0 Å². The number of benzene rings is 1. The average molecular weight is 227 g/mol. The van der Waals surface area contributed by atoms with Gasteiger partial charge >= 0.3 is 0 Å². The van der Waals surface area contributed by atoms with Gasteiger partial charge in [-0.15, -0.1) is 0 Å². The SMILES string of the molecule is Cc1ccc2c(c1C)N=C1CCCCC1C2C. The van der Waals surface area contributed by atoms with Gasteiger partial charge in [0, 0.05) is 11.6 Å². The van der Waals surface area contributed by atoms with Crippen LogP contribution in [-0.4, -0.2) is 5.71 Å². The molecule has 1 saturated carbocycles. The molecule has 1 aromatic rings. The third-order valence-corrected chi connectivity index (χ3v) is 4.71. The Balaban J connectivity index is 2.16. The fourth-order valence-electron chi connectivity index (χ4n) is 3.40. The van der Waals surface area contributed by atoms with E-state index in [1.165, 1.54) is 53.8 Å². The van der Waals surface area contributed by atoms with Crippen LogP contribution in [0, 0.1) is 19.8 Å². The lowest BCUT2D eigenvalue weighted by Crippen LogP contribution is -2.27. The molecule has 0 radical (unpaired) electrons. The second-order valence-electron chi connectivity index (χ2n) is 5.69. The monoisotopic (exact) mass is 227 g/mol. The van der Waals surface area contributed by atoms with Crippen LogP contribution in [0.3, 0.4) is 0 Å². The molecule has 90 valence electrons. The van der Waals surface area contributed by atoms with Crippen molar-refractivity contribution in [2.45, 2.75) is 52.4 Å². The van der Waals surface area contributed by atoms with Crippen LogP contribution in [0.15, 0.2) is 17.1 Å². The first-order valence-corrected chi connectivity index (χ1v) is 6.86. The Bertz CT molecular complexity index is 485. The molecule has 2 aliphatic rings. The molecule has 1 nitrogen and oxygen atoms in total. The van der Waals surface area contributed by atoms with Crippen molar-refractivity contribution in [3.8, 4) is 0 Å². The molecule has 3 rings (SSSR count). The highest BCUT2D eigenvalue weighted by atomic mass is 14.8. The maximum atomic E-state index is 4.99. The predicted molar refractivity (Wildman–Crippen MR) is 73.4 cm³/mol. The highest BCUT2D eigenvalue weighted by Crippen LogP contribution is 2.44. The largest absolute Gasteiger partial charge is 0.257 e. The molecule has 1 heteroatoms. The maximum absolute atomic E-state index is 4.99. The van der Waals surface area contributed by atoms with Gasteiger partial charge in [0.25, 0.3) is 0 Å². The van der Waals surface area contributed by atoms with Crippen molar-refractivity contribution in [3.05, 3.63) is 28.8 Å². The number of fused-ring (bicyclic) bond motifs is 2.